The molecule has 1 atom stereocenters. The van der Waals surface area contributed by atoms with Gasteiger partial charge in [-0.05, 0) is 49.2 Å². The minimum Gasteiger partial charge on any atom is -0.489 e. The van der Waals surface area contributed by atoms with Crippen LogP contribution in [0.5, 0.6) is 5.75 Å². The third-order valence-electron chi connectivity index (χ3n) is 3.23. The lowest BCUT2D eigenvalue weighted by Crippen LogP contribution is -2.20. The molecule has 1 fully saturated rings. The Labute approximate surface area is 136 Å². The molecular weight excluding hydrogens is 331 g/mol. The zero-order chi connectivity index (χ0) is 16.9. The van der Waals surface area contributed by atoms with Crippen molar-refractivity contribution in [3.63, 3.8) is 0 Å². The summed E-state index contributed by atoms with van der Waals surface area (Å²) in [6, 6.07) is 5.11. The van der Waals surface area contributed by atoms with Crippen molar-refractivity contribution in [3.8, 4) is 5.75 Å². The number of aryl methyl sites for hydroxylation is 1. The molecule has 0 aliphatic carbocycles. The Balaban J connectivity index is 1.95. The van der Waals surface area contributed by atoms with Crippen molar-refractivity contribution in [2.24, 2.45) is 0 Å². The second kappa shape index (κ2) is 7.92. The van der Waals surface area contributed by atoms with Gasteiger partial charge in [0.1, 0.15) is 12.4 Å². The summed E-state index contributed by atoms with van der Waals surface area (Å²) in [7, 11) is 0. The lowest BCUT2D eigenvalue weighted by molar-refractivity contribution is -0.114. The highest BCUT2D eigenvalue weighted by Crippen LogP contribution is 2.31. The molecule has 1 aromatic rings. The molecular formula is C15H18F3NO3S. The molecule has 0 bridgehead atoms. The number of ether oxygens (including phenoxy) is 2. The van der Waals surface area contributed by atoms with Crippen LogP contribution in [0.2, 0.25) is 0 Å². The van der Waals surface area contributed by atoms with E-state index in [0.29, 0.717) is 24.7 Å². The van der Waals surface area contributed by atoms with Crippen LogP contribution in [0.1, 0.15) is 18.4 Å². The Morgan fingerprint density at radius 2 is 2.26 bits per heavy atom. The average Bonchev–Trinajstić information content (AvgIpc) is 2.98. The van der Waals surface area contributed by atoms with Crippen LogP contribution < -0.4 is 10.1 Å². The molecule has 1 amide bonds. The van der Waals surface area contributed by atoms with Gasteiger partial charge in [0.25, 0.3) is 0 Å². The van der Waals surface area contributed by atoms with E-state index in [4.69, 9.17) is 9.47 Å². The summed E-state index contributed by atoms with van der Waals surface area (Å²) in [5, 5.41) is 2.46. The van der Waals surface area contributed by atoms with E-state index in [1.54, 1.807) is 18.2 Å². The first-order valence-electron chi connectivity index (χ1n) is 7.19. The standard InChI is InChI=1S/C15H18F3NO3S/c1-10-4-5-12(19-14(20)9-23-15(16,17)18)13(7-10)22-8-11-3-2-6-21-11/h4-5,7,11H,2-3,6,8-9H2,1H3,(H,19,20). The van der Waals surface area contributed by atoms with Crippen molar-refractivity contribution in [2.45, 2.75) is 31.4 Å². The van der Waals surface area contributed by atoms with E-state index in [1.807, 2.05) is 6.92 Å². The van der Waals surface area contributed by atoms with Crippen molar-refractivity contribution >= 4 is 23.4 Å². The number of rotatable bonds is 6. The number of thioether (sulfide) groups is 1. The Kier molecular flexibility index (Phi) is 6.17. The van der Waals surface area contributed by atoms with Gasteiger partial charge in [0, 0.05) is 6.61 Å². The van der Waals surface area contributed by atoms with Gasteiger partial charge in [0.15, 0.2) is 0 Å². The lowest BCUT2D eigenvalue weighted by Gasteiger charge is -2.16. The van der Waals surface area contributed by atoms with E-state index >= 15 is 0 Å². The van der Waals surface area contributed by atoms with Crippen molar-refractivity contribution in [1.82, 2.24) is 0 Å². The molecule has 4 nitrogen and oxygen atoms in total. The summed E-state index contributed by atoms with van der Waals surface area (Å²) in [4.78, 5) is 11.6. The number of amides is 1. The van der Waals surface area contributed by atoms with Gasteiger partial charge in [-0.1, -0.05) is 6.07 Å². The Hall–Kier alpha value is -1.41. The molecule has 0 spiro atoms. The summed E-state index contributed by atoms with van der Waals surface area (Å²) < 4.78 is 47.5. The lowest BCUT2D eigenvalue weighted by atomic mass is 10.2. The van der Waals surface area contributed by atoms with Crippen LogP contribution in [-0.4, -0.2) is 36.5 Å². The zero-order valence-corrected chi connectivity index (χ0v) is 13.4. The maximum atomic E-state index is 12.1. The van der Waals surface area contributed by atoms with Crippen LogP contribution in [-0.2, 0) is 9.53 Å². The molecule has 1 aliphatic rings. The highest BCUT2D eigenvalue weighted by atomic mass is 32.2. The fourth-order valence-electron chi connectivity index (χ4n) is 2.14. The van der Waals surface area contributed by atoms with Gasteiger partial charge in [0.2, 0.25) is 5.91 Å². The van der Waals surface area contributed by atoms with Crippen molar-refractivity contribution in [2.75, 3.05) is 24.3 Å². The first-order chi connectivity index (χ1) is 10.8. The third kappa shape index (κ3) is 6.31. The van der Waals surface area contributed by atoms with E-state index < -0.39 is 17.2 Å². The van der Waals surface area contributed by atoms with Gasteiger partial charge in [-0.15, -0.1) is 0 Å². The van der Waals surface area contributed by atoms with E-state index in [2.05, 4.69) is 5.32 Å². The molecule has 1 unspecified atom stereocenters. The fraction of sp³-hybridized carbons (Fsp3) is 0.533. The van der Waals surface area contributed by atoms with E-state index in [1.165, 1.54) is 0 Å². The molecule has 2 rings (SSSR count). The second-order valence-corrected chi connectivity index (χ2v) is 6.27. The SMILES string of the molecule is Cc1ccc(NC(=O)CSC(F)(F)F)c(OCC2CCCO2)c1. The molecule has 1 saturated heterocycles. The van der Waals surface area contributed by atoms with Crippen LogP contribution in [0, 0.1) is 6.92 Å². The van der Waals surface area contributed by atoms with Gasteiger partial charge in [0.05, 0.1) is 17.5 Å². The Bertz CT molecular complexity index is 545. The van der Waals surface area contributed by atoms with Gasteiger partial charge in [-0.25, -0.2) is 0 Å². The normalized spacial score (nSPS) is 18.0. The maximum Gasteiger partial charge on any atom is 0.442 e. The number of hydrogen-bond acceptors (Lipinski definition) is 4. The van der Waals surface area contributed by atoms with E-state index in [-0.39, 0.29) is 17.9 Å². The number of nitrogens with one attached hydrogen (secondary N) is 1. The van der Waals surface area contributed by atoms with Crippen LogP contribution in [0.25, 0.3) is 0 Å². The summed E-state index contributed by atoms with van der Waals surface area (Å²) >= 11 is -0.369. The molecule has 0 saturated carbocycles. The Morgan fingerprint density at radius 1 is 1.48 bits per heavy atom. The van der Waals surface area contributed by atoms with Crippen molar-refractivity contribution in [1.29, 1.82) is 0 Å². The number of hydrogen-bond donors (Lipinski definition) is 1. The first kappa shape index (κ1) is 17.9. The second-order valence-electron chi connectivity index (χ2n) is 5.23. The van der Waals surface area contributed by atoms with E-state index in [9.17, 15) is 18.0 Å². The van der Waals surface area contributed by atoms with Crippen LogP contribution in [0.3, 0.4) is 0 Å². The summed E-state index contributed by atoms with van der Waals surface area (Å²) in [6.45, 7) is 2.92. The molecule has 1 N–H and O–H groups in total. The number of halogens is 3. The van der Waals surface area contributed by atoms with Gasteiger partial charge < -0.3 is 14.8 Å². The summed E-state index contributed by atoms with van der Waals surface area (Å²) in [5.74, 6) is -0.980. The maximum absolute atomic E-state index is 12.1. The van der Waals surface area contributed by atoms with E-state index in [0.717, 1.165) is 18.4 Å². The Morgan fingerprint density at radius 3 is 2.91 bits per heavy atom. The predicted octanol–water partition coefficient (Wildman–Crippen LogP) is 3.74. The molecule has 8 heteroatoms. The smallest absolute Gasteiger partial charge is 0.442 e. The molecule has 0 radical (unpaired) electrons. The highest BCUT2D eigenvalue weighted by Gasteiger charge is 2.29. The highest BCUT2D eigenvalue weighted by molar-refractivity contribution is 8.00. The third-order valence-corrected chi connectivity index (χ3v) is 3.96. The topological polar surface area (TPSA) is 47.6 Å². The molecule has 1 aliphatic heterocycles. The number of anilines is 1. The summed E-state index contributed by atoms with van der Waals surface area (Å²) in [6.07, 6.45) is 1.91. The number of benzene rings is 1. The van der Waals surface area contributed by atoms with Crippen LogP contribution in [0.4, 0.5) is 18.9 Å². The van der Waals surface area contributed by atoms with Gasteiger partial charge >= 0.3 is 5.51 Å². The fourth-order valence-corrected chi connectivity index (χ4v) is 2.51. The molecule has 23 heavy (non-hydrogen) atoms. The molecule has 128 valence electrons. The predicted molar refractivity (Wildman–Crippen MR) is 82.8 cm³/mol. The van der Waals surface area contributed by atoms with Crippen LogP contribution >= 0.6 is 11.8 Å². The monoisotopic (exact) mass is 349 g/mol. The minimum absolute atomic E-state index is 0.0137. The number of alkyl halides is 3. The molecule has 0 aromatic heterocycles. The average molecular weight is 349 g/mol. The first-order valence-corrected chi connectivity index (χ1v) is 8.17. The van der Waals surface area contributed by atoms with Gasteiger partial charge in [-0.3, -0.25) is 4.79 Å². The van der Waals surface area contributed by atoms with Gasteiger partial charge in [-0.2, -0.15) is 13.2 Å². The van der Waals surface area contributed by atoms with Crippen molar-refractivity contribution in [3.05, 3.63) is 23.8 Å². The van der Waals surface area contributed by atoms with Crippen molar-refractivity contribution < 1.29 is 27.4 Å². The largest absolute Gasteiger partial charge is 0.489 e. The number of carbonyl (C=O) groups is 1. The molecule has 1 aromatic carbocycles. The summed E-state index contributed by atoms with van der Waals surface area (Å²) in [5.41, 5.74) is -3.14. The quantitative estimate of drug-likeness (QED) is 0.850. The minimum atomic E-state index is -4.43. The molecule has 1 heterocycles. The number of carbonyl (C=O) groups excluding carboxylic acids is 1. The van der Waals surface area contributed by atoms with Crippen LogP contribution in [0.15, 0.2) is 18.2 Å². The zero-order valence-electron chi connectivity index (χ0n) is 12.6.